The topological polar surface area (TPSA) is 59.6 Å². The molecule has 1 aliphatic rings. The first-order chi connectivity index (χ1) is 10.7. The molecule has 1 aliphatic heterocycles. The van der Waals surface area contributed by atoms with Crippen LogP contribution in [0.15, 0.2) is 18.2 Å². The summed E-state index contributed by atoms with van der Waals surface area (Å²) in [6.45, 7) is 5.15. The molecule has 0 aliphatic carbocycles. The molecule has 1 aromatic rings. The van der Waals surface area contributed by atoms with Crippen LogP contribution in [0, 0.1) is 5.92 Å². The number of halogens is 2. The van der Waals surface area contributed by atoms with Crippen molar-refractivity contribution >= 4 is 35.6 Å². The Morgan fingerprint density at radius 1 is 1.43 bits per heavy atom. The number of nitrogens with one attached hydrogen (secondary N) is 2. The standard InChI is InChI=1S/C16H23ClN2O3.ClH/c1-2-21-9-10-22-15-13(17)6-3-7-14(15)19-16(20)12-5-4-8-18-11-12;/h3,6-7,12,18H,2,4-5,8-11H2,1H3,(H,19,20);1H. The molecule has 2 rings (SSSR count). The largest absolute Gasteiger partial charge is 0.487 e. The molecule has 1 amide bonds. The summed E-state index contributed by atoms with van der Waals surface area (Å²) in [7, 11) is 0. The molecule has 0 saturated carbocycles. The molecule has 0 spiro atoms. The number of ether oxygens (including phenoxy) is 2. The highest BCUT2D eigenvalue weighted by molar-refractivity contribution is 6.32. The Morgan fingerprint density at radius 2 is 2.26 bits per heavy atom. The average Bonchev–Trinajstić information content (AvgIpc) is 2.54. The number of anilines is 1. The Bertz CT molecular complexity index is 494. The minimum Gasteiger partial charge on any atom is -0.487 e. The van der Waals surface area contributed by atoms with Crippen molar-refractivity contribution in [1.29, 1.82) is 0 Å². The van der Waals surface area contributed by atoms with Crippen molar-refractivity contribution in [3.8, 4) is 5.75 Å². The number of carbonyl (C=O) groups is 1. The fraction of sp³-hybridized carbons (Fsp3) is 0.562. The molecule has 1 atom stereocenters. The Balaban J connectivity index is 0.00000264. The summed E-state index contributed by atoms with van der Waals surface area (Å²) in [6, 6.07) is 5.35. The Labute approximate surface area is 148 Å². The summed E-state index contributed by atoms with van der Waals surface area (Å²) < 4.78 is 10.9. The summed E-state index contributed by atoms with van der Waals surface area (Å²) in [6.07, 6.45) is 1.92. The van der Waals surface area contributed by atoms with E-state index in [0.29, 0.717) is 42.8 Å². The maximum Gasteiger partial charge on any atom is 0.228 e. The molecule has 0 radical (unpaired) electrons. The van der Waals surface area contributed by atoms with Crippen molar-refractivity contribution in [2.75, 3.05) is 38.2 Å². The molecule has 1 aromatic carbocycles. The van der Waals surface area contributed by atoms with Gasteiger partial charge in [0.2, 0.25) is 5.91 Å². The van der Waals surface area contributed by atoms with Gasteiger partial charge in [-0.2, -0.15) is 0 Å². The third-order valence-electron chi connectivity index (χ3n) is 3.57. The smallest absolute Gasteiger partial charge is 0.228 e. The van der Waals surface area contributed by atoms with E-state index in [1.807, 2.05) is 6.92 Å². The van der Waals surface area contributed by atoms with E-state index in [4.69, 9.17) is 21.1 Å². The molecular weight excluding hydrogens is 339 g/mol. The highest BCUT2D eigenvalue weighted by Crippen LogP contribution is 2.33. The molecule has 0 aromatic heterocycles. The van der Waals surface area contributed by atoms with Gasteiger partial charge in [-0.25, -0.2) is 0 Å². The van der Waals surface area contributed by atoms with E-state index in [9.17, 15) is 4.79 Å². The molecule has 1 fully saturated rings. The maximum atomic E-state index is 12.3. The van der Waals surface area contributed by atoms with Crippen LogP contribution < -0.4 is 15.4 Å². The summed E-state index contributed by atoms with van der Waals surface area (Å²) in [5.74, 6) is 0.495. The molecule has 130 valence electrons. The second kappa shape index (κ2) is 10.7. The van der Waals surface area contributed by atoms with Crippen molar-refractivity contribution in [2.45, 2.75) is 19.8 Å². The Kier molecular flexibility index (Phi) is 9.33. The third-order valence-corrected chi connectivity index (χ3v) is 3.87. The molecule has 1 unspecified atom stereocenters. The predicted octanol–water partition coefficient (Wildman–Crippen LogP) is 3.12. The van der Waals surface area contributed by atoms with Gasteiger partial charge in [-0.3, -0.25) is 4.79 Å². The van der Waals surface area contributed by atoms with Crippen LogP contribution in [0.25, 0.3) is 0 Å². The fourth-order valence-corrected chi connectivity index (χ4v) is 2.64. The van der Waals surface area contributed by atoms with Crippen molar-refractivity contribution in [3.05, 3.63) is 23.2 Å². The van der Waals surface area contributed by atoms with Gasteiger partial charge < -0.3 is 20.1 Å². The number of hydrogen-bond acceptors (Lipinski definition) is 4. The van der Waals surface area contributed by atoms with Gasteiger partial charge in [0, 0.05) is 13.2 Å². The van der Waals surface area contributed by atoms with E-state index in [2.05, 4.69) is 10.6 Å². The summed E-state index contributed by atoms with van der Waals surface area (Å²) in [5.41, 5.74) is 0.611. The van der Waals surface area contributed by atoms with Crippen LogP contribution in [0.2, 0.25) is 5.02 Å². The lowest BCUT2D eigenvalue weighted by Crippen LogP contribution is -2.37. The highest BCUT2D eigenvalue weighted by Gasteiger charge is 2.22. The van der Waals surface area contributed by atoms with Gasteiger partial charge in [-0.05, 0) is 38.4 Å². The van der Waals surface area contributed by atoms with Crippen LogP contribution >= 0.6 is 24.0 Å². The second-order valence-electron chi connectivity index (χ2n) is 5.19. The molecule has 5 nitrogen and oxygen atoms in total. The fourth-order valence-electron chi connectivity index (χ4n) is 2.41. The molecule has 1 saturated heterocycles. The summed E-state index contributed by atoms with van der Waals surface area (Å²) in [5, 5.41) is 6.66. The maximum absolute atomic E-state index is 12.3. The van der Waals surface area contributed by atoms with Crippen molar-refractivity contribution in [1.82, 2.24) is 5.32 Å². The first-order valence-corrected chi connectivity index (χ1v) is 8.10. The number of carbonyl (C=O) groups excluding carboxylic acids is 1. The lowest BCUT2D eigenvalue weighted by molar-refractivity contribution is -0.120. The minimum atomic E-state index is -0.0102. The zero-order valence-corrected chi connectivity index (χ0v) is 14.8. The number of benzene rings is 1. The first-order valence-electron chi connectivity index (χ1n) is 7.73. The molecule has 7 heteroatoms. The van der Waals surface area contributed by atoms with Crippen molar-refractivity contribution in [3.63, 3.8) is 0 Å². The van der Waals surface area contributed by atoms with Crippen LogP contribution in [0.4, 0.5) is 5.69 Å². The van der Waals surface area contributed by atoms with Crippen LogP contribution in [0.5, 0.6) is 5.75 Å². The lowest BCUT2D eigenvalue weighted by Gasteiger charge is -2.22. The van der Waals surface area contributed by atoms with Crippen LogP contribution in [0.3, 0.4) is 0 Å². The zero-order valence-electron chi connectivity index (χ0n) is 13.3. The number of rotatable bonds is 7. The number of para-hydroxylation sites is 1. The first kappa shape index (κ1) is 20.0. The van der Waals surface area contributed by atoms with E-state index in [1.54, 1.807) is 18.2 Å². The SMILES string of the molecule is CCOCCOc1c(Cl)cccc1NC(=O)C1CCCNC1.Cl. The summed E-state index contributed by atoms with van der Waals surface area (Å²) in [4.78, 5) is 12.3. The number of hydrogen-bond donors (Lipinski definition) is 2. The molecule has 23 heavy (non-hydrogen) atoms. The lowest BCUT2D eigenvalue weighted by atomic mass is 9.99. The molecule has 2 N–H and O–H groups in total. The summed E-state index contributed by atoms with van der Waals surface area (Å²) >= 11 is 6.18. The highest BCUT2D eigenvalue weighted by atomic mass is 35.5. The van der Waals surface area contributed by atoms with Gasteiger partial charge in [0.25, 0.3) is 0 Å². The third kappa shape index (κ3) is 6.18. The Morgan fingerprint density at radius 3 is 2.96 bits per heavy atom. The van der Waals surface area contributed by atoms with Gasteiger partial charge in [0.05, 0.1) is 23.2 Å². The van der Waals surface area contributed by atoms with E-state index >= 15 is 0 Å². The van der Waals surface area contributed by atoms with Crippen LogP contribution in [0.1, 0.15) is 19.8 Å². The van der Waals surface area contributed by atoms with Gasteiger partial charge >= 0.3 is 0 Å². The minimum absolute atomic E-state index is 0. The Hall–Kier alpha value is -1.01. The normalized spacial score (nSPS) is 17.2. The van der Waals surface area contributed by atoms with Gasteiger partial charge in [0.1, 0.15) is 6.61 Å². The second-order valence-corrected chi connectivity index (χ2v) is 5.60. The van der Waals surface area contributed by atoms with Crippen LogP contribution in [-0.4, -0.2) is 38.8 Å². The average molecular weight is 363 g/mol. The van der Waals surface area contributed by atoms with E-state index < -0.39 is 0 Å². The van der Waals surface area contributed by atoms with Crippen molar-refractivity contribution < 1.29 is 14.3 Å². The molecule has 1 heterocycles. The molecular formula is C16H24Cl2N2O3. The van der Waals surface area contributed by atoms with Gasteiger partial charge in [-0.1, -0.05) is 17.7 Å². The van der Waals surface area contributed by atoms with E-state index in [0.717, 1.165) is 19.4 Å². The quantitative estimate of drug-likeness (QED) is 0.731. The van der Waals surface area contributed by atoms with Gasteiger partial charge in [0.15, 0.2) is 5.75 Å². The predicted molar refractivity (Wildman–Crippen MR) is 94.9 cm³/mol. The molecule has 0 bridgehead atoms. The monoisotopic (exact) mass is 362 g/mol. The van der Waals surface area contributed by atoms with Gasteiger partial charge in [-0.15, -0.1) is 12.4 Å². The zero-order chi connectivity index (χ0) is 15.8. The van der Waals surface area contributed by atoms with Crippen LogP contribution in [-0.2, 0) is 9.53 Å². The van der Waals surface area contributed by atoms with Crippen molar-refractivity contribution in [2.24, 2.45) is 5.92 Å². The number of amides is 1. The number of piperidine rings is 1. The van der Waals surface area contributed by atoms with E-state index in [-0.39, 0.29) is 24.2 Å². The van der Waals surface area contributed by atoms with E-state index in [1.165, 1.54) is 0 Å².